The lowest BCUT2D eigenvalue weighted by molar-refractivity contribution is 0.661. The molecule has 3 nitrogen and oxygen atoms in total. The molecular weight excluding hydrogens is 298 g/mol. The van der Waals surface area contributed by atoms with Gasteiger partial charge >= 0.3 is 0 Å². The van der Waals surface area contributed by atoms with Crippen molar-refractivity contribution in [2.24, 2.45) is 12.8 Å². The van der Waals surface area contributed by atoms with Crippen LogP contribution in [0.3, 0.4) is 0 Å². The molecule has 0 saturated heterocycles. The Morgan fingerprint density at radius 3 is 2.88 bits per heavy atom. The minimum atomic E-state index is 0.116. The second kappa shape index (κ2) is 5.33. The van der Waals surface area contributed by atoms with Gasteiger partial charge in [0.05, 0.1) is 9.98 Å². The lowest BCUT2D eigenvalue weighted by Crippen LogP contribution is -2.09. The molecule has 0 radical (unpaired) electrons. The molecule has 0 aromatic carbocycles. The highest BCUT2D eigenvalue weighted by Gasteiger charge is 2.11. The fourth-order valence-electron chi connectivity index (χ4n) is 1.73. The Bertz CT molecular complexity index is 484. The normalized spacial score (nSPS) is 12.9. The molecule has 0 fully saturated rings. The Kier molecular flexibility index (Phi) is 4.01. The molecule has 5 heteroatoms. The van der Waals surface area contributed by atoms with Crippen molar-refractivity contribution in [2.75, 3.05) is 0 Å². The summed E-state index contributed by atoms with van der Waals surface area (Å²) in [6, 6.07) is 2.29. The standard InChI is InChI=1S/C12H16BrN3S/c1-8-5-11(17-12(8)13)10(14)4-3-9-6-15-16(2)7-9/h5-7,10H,3-4,14H2,1-2H3. The molecule has 0 aliphatic rings. The molecule has 0 saturated carbocycles. The minimum absolute atomic E-state index is 0.116. The number of aromatic nitrogens is 2. The zero-order chi connectivity index (χ0) is 12.4. The number of rotatable bonds is 4. The third kappa shape index (κ3) is 3.18. The number of nitrogens with two attached hydrogens (primary N) is 1. The Hall–Kier alpha value is -0.650. The van der Waals surface area contributed by atoms with Gasteiger partial charge in [0.1, 0.15) is 0 Å². The van der Waals surface area contributed by atoms with Crippen molar-refractivity contribution in [3.63, 3.8) is 0 Å². The molecule has 1 unspecified atom stereocenters. The molecule has 0 amide bonds. The van der Waals surface area contributed by atoms with Gasteiger partial charge < -0.3 is 5.73 Å². The van der Waals surface area contributed by atoms with E-state index in [4.69, 9.17) is 5.73 Å². The summed E-state index contributed by atoms with van der Waals surface area (Å²) in [5.41, 5.74) is 8.71. The van der Waals surface area contributed by atoms with Gasteiger partial charge in [-0.15, -0.1) is 11.3 Å². The average molecular weight is 314 g/mol. The molecule has 0 bridgehead atoms. The average Bonchev–Trinajstić information content (AvgIpc) is 2.83. The largest absolute Gasteiger partial charge is 0.323 e. The lowest BCUT2D eigenvalue weighted by atomic mass is 10.1. The molecule has 92 valence electrons. The van der Waals surface area contributed by atoms with Crippen molar-refractivity contribution in [1.82, 2.24) is 9.78 Å². The van der Waals surface area contributed by atoms with Crippen LogP contribution in [-0.4, -0.2) is 9.78 Å². The van der Waals surface area contributed by atoms with Gasteiger partial charge in [-0.25, -0.2) is 0 Å². The monoisotopic (exact) mass is 313 g/mol. The van der Waals surface area contributed by atoms with Crippen molar-refractivity contribution in [1.29, 1.82) is 0 Å². The minimum Gasteiger partial charge on any atom is -0.323 e. The Morgan fingerprint density at radius 1 is 1.59 bits per heavy atom. The van der Waals surface area contributed by atoms with Crippen LogP contribution in [0.1, 0.15) is 28.5 Å². The van der Waals surface area contributed by atoms with Crippen LogP contribution < -0.4 is 5.73 Å². The third-order valence-electron chi connectivity index (χ3n) is 2.74. The van der Waals surface area contributed by atoms with Crippen LogP contribution in [0.25, 0.3) is 0 Å². The van der Waals surface area contributed by atoms with Crippen LogP contribution in [0.2, 0.25) is 0 Å². The topological polar surface area (TPSA) is 43.8 Å². The molecule has 2 N–H and O–H groups in total. The highest BCUT2D eigenvalue weighted by atomic mass is 79.9. The Balaban J connectivity index is 1.95. The van der Waals surface area contributed by atoms with Crippen molar-refractivity contribution in [3.8, 4) is 0 Å². The van der Waals surface area contributed by atoms with E-state index in [1.807, 2.05) is 24.1 Å². The highest BCUT2D eigenvalue weighted by Crippen LogP contribution is 2.32. The highest BCUT2D eigenvalue weighted by molar-refractivity contribution is 9.11. The summed E-state index contributed by atoms with van der Waals surface area (Å²) in [5.74, 6) is 0. The maximum Gasteiger partial charge on any atom is 0.0731 e. The van der Waals surface area contributed by atoms with Gasteiger partial charge in [-0.2, -0.15) is 5.10 Å². The lowest BCUT2D eigenvalue weighted by Gasteiger charge is -2.07. The SMILES string of the molecule is Cc1cc(C(N)CCc2cnn(C)c2)sc1Br. The molecule has 2 heterocycles. The van der Waals surface area contributed by atoms with Gasteiger partial charge in [0.15, 0.2) is 0 Å². The maximum absolute atomic E-state index is 6.19. The first-order valence-electron chi connectivity index (χ1n) is 5.55. The van der Waals surface area contributed by atoms with Crippen LogP contribution in [0, 0.1) is 6.92 Å². The number of nitrogens with zero attached hydrogens (tertiary/aromatic N) is 2. The zero-order valence-electron chi connectivity index (χ0n) is 9.98. The number of hydrogen-bond donors (Lipinski definition) is 1. The zero-order valence-corrected chi connectivity index (χ0v) is 12.4. The number of thiophene rings is 1. The van der Waals surface area contributed by atoms with E-state index in [0.717, 1.165) is 12.8 Å². The third-order valence-corrected chi connectivity index (χ3v) is 5.01. The smallest absolute Gasteiger partial charge is 0.0731 e. The van der Waals surface area contributed by atoms with Crippen LogP contribution in [0.4, 0.5) is 0 Å². The number of hydrogen-bond acceptors (Lipinski definition) is 3. The molecular formula is C12H16BrN3S. The van der Waals surface area contributed by atoms with E-state index < -0.39 is 0 Å². The quantitative estimate of drug-likeness (QED) is 0.942. The van der Waals surface area contributed by atoms with Gasteiger partial charge in [0.25, 0.3) is 0 Å². The van der Waals surface area contributed by atoms with Crippen molar-refractivity contribution in [3.05, 3.63) is 38.3 Å². The second-order valence-electron chi connectivity index (χ2n) is 4.27. The number of aryl methyl sites for hydroxylation is 3. The molecule has 1 atom stereocenters. The van der Waals surface area contributed by atoms with Crippen LogP contribution >= 0.6 is 27.3 Å². The maximum atomic E-state index is 6.19. The summed E-state index contributed by atoms with van der Waals surface area (Å²) < 4.78 is 3.01. The molecule has 0 spiro atoms. The van der Waals surface area contributed by atoms with Gasteiger partial charge in [0.2, 0.25) is 0 Å². The molecule has 0 aliphatic carbocycles. The summed E-state index contributed by atoms with van der Waals surface area (Å²) in [7, 11) is 1.93. The summed E-state index contributed by atoms with van der Waals surface area (Å²) in [6.45, 7) is 2.10. The van der Waals surface area contributed by atoms with Crippen molar-refractivity contribution >= 4 is 27.3 Å². The Morgan fingerprint density at radius 2 is 2.35 bits per heavy atom. The van der Waals surface area contributed by atoms with Gasteiger partial charge in [-0.05, 0) is 52.9 Å². The second-order valence-corrected chi connectivity index (χ2v) is 6.67. The molecule has 2 aromatic heterocycles. The molecule has 17 heavy (non-hydrogen) atoms. The van der Waals surface area contributed by atoms with E-state index in [-0.39, 0.29) is 6.04 Å². The fraction of sp³-hybridized carbons (Fsp3) is 0.417. The van der Waals surface area contributed by atoms with Gasteiger partial charge in [-0.3, -0.25) is 4.68 Å². The molecule has 2 aromatic rings. The Labute approximate surface area is 114 Å². The van der Waals surface area contributed by atoms with E-state index in [0.29, 0.717) is 0 Å². The van der Waals surface area contributed by atoms with Crippen LogP contribution in [-0.2, 0) is 13.5 Å². The first kappa shape index (κ1) is 12.8. The summed E-state index contributed by atoms with van der Waals surface area (Å²) in [6.07, 6.45) is 5.88. The predicted molar refractivity (Wildman–Crippen MR) is 75.2 cm³/mol. The first-order chi connectivity index (χ1) is 8.06. The predicted octanol–water partition coefficient (Wildman–Crippen LogP) is 3.19. The van der Waals surface area contributed by atoms with E-state index >= 15 is 0 Å². The van der Waals surface area contributed by atoms with E-state index in [1.165, 1.54) is 19.8 Å². The summed E-state index contributed by atoms with van der Waals surface area (Å²) in [5, 5.41) is 4.16. The van der Waals surface area contributed by atoms with Crippen LogP contribution in [0.5, 0.6) is 0 Å². The summed E-state index contributed by atoms with van der Waals surface area (Å²) >= 11 is 5.27. The summed E-state index contributed by atoms with van der Waals surface area (Å²) in [4.78, 5) is 1.25. The van der Waals surface area contributed by atoms with E-state index in [9.17, 15) is 0 Å². The van der Waals surface area contributed by atoms with Gasteiger partial charge in [0, 0.05) is 24.2 Å². The van der Waals surface area contributed by atoms with Gasteiger partial charge in [-0.1, -0.05) is 0 Å². The fourth-order valence-corrected chi connectivity index (χ4v) is 3.34. The van der Waals surface area contributed by atoms with E-state index in [1.54, 1.807) is 11.3 Å². The first-order valence-corrected chi connectivity index (χ1v) is 7.16. The number of halogens is 1. The van der Waals surface area contributed by atoms with Crippen LogP contribution in [0.15, 0.2) is 22.2 Å². The molecule has 2 rings (SSSR count). The van der Waals surface area contributed by atoms with E-state index in [2.05, 4.69) is 34.0 Å². The molecule has 0 aliphatic heterocycles. The van der Waals surface area contributed by atoms with Crippen molar-refractivity contribution < 1.29 is 0 Å². The van der Waals surface area contributed by atoms with Crippen molar-refractivity contribution in [2.45, 2.75) is 25.8 Å².